The first-order valence-corrected chi connectivity index (χ1v) is 13.9. The standard InChI is InChI=1S/C27H39N5O6/c1-25(2,3)38-24(35)32-13-7-12-31(14-15-32)23-29-18-28-22(30-23)20(33)19-8-6-10-26(21(19)34)9-4-5-11-27(26)36-16-17-37-27/h18-19H,4-17H2,1-3H3/t19-,26-/m0/s1. The molecule has 1 aromatic rings. The molecule has 2 aliphatic heterocycles. The van der Waals surface area contributed by atoms with Crippen LogP contribution in [0.5, 0.6) is 0 Å². The van der Waals surface area contributed by atoms with Crippen LogP contribution in [-0.4, -0.2) is 88.3 Å². The maximum atomic E-state index is 14.0. The quantitative estimate of drug-likeness (QED) is 0.426. The number of amides is 1. The van der Waals surface area contributed by atoms with E-state index >= 15 is 0 Å². The van der Waals surface area contributed by atoms with Crippen LogP contribution in [0.25, 0.3) is 0 Å². The lowest BCUT2D eigenvalue weighted by atomic mass is 9.57. The first kappa shape index (κ1) is 26.9. The van der Waals surface area contributed by atoms with Gasteiger partial charge in [0, 0.05) is 32.6 Å². The number of hydrogen-bond acceptors (Lipinski definition) is 10. The highest BCUT2D eigenvalue weighted by Crippen LogP contribution is 2.56. The number of carbonyl (C=O) groups is 3. The molecule has 0 bridgehead atoms. The Balaban J connectivity index is 1.30. The molecule has 2 aliphatic carbocycles. The normalized spacial score (nSPS) is 28.0. The molecule has 5 rings (SSSR count). The molecule has 3 heterocycles. The zero-order chi connectivity index (χ0) is 27.0. The van der Waals surface area contributed by atoms with Crippen molar-refractivity contribution < 1.29 is 28.6 Å². The van der Waals surface area contributed by atoms with Gasteiger partial charge in [-0.25, -0.2) is 14.8 Å². The average molecular weight is 530 g/mol. The summed E-state index contributed by atoms with van der Waals surface area (Å²) in [5, 5.41) is 0. The Hall–Kier alpha value is -2.66. The third kappa shape index (κ3) is 5.02. The molecule has 1 aromatic heterocycles. The van der Waals surface area contributed by atoms with Crippen molar-refractivity contribution in [3.63, 3.8) is 0 Å². The Morgan fingerprint density at radius 2 is 1.71 bits per heavy atom. The number of carbonyl (C=O) groups excluding carboxylic acids is 3. The van der Waals surface area contributed by atoms with Crippen molar-refractivity contribution in [3.8, 4) is 0 Å². The minimum Gasteiger partial charge on any atom is -0.444 e. The SMILES string of the molecule is CC(C)(C)OC(=O)N1CCCN(c2ncnc(C(=O)[C@@H]3CCC[C@@]4(CCCCC45OCCO5)C3=O)n2)CC1. The molecule has 208 valence electrons. The summed E-state index contributed by atoms with van der Waals surface area (Å²) in [6.07, 6.45) is 6.85. The van der Waals surface area contributed by atoms with E-state index in [1.54, 1.807) is 4.90 Å². The fraction of sp³-hybridized carbons (Fsp3) is 0.778. The Bertz CT molecular complexity index is 1060. The van der Waals surface area contributed by atoms with E-state index in [4.69, 9.17) is 14.2 Å². The second kappa shape index (κ2) is 10.5. The van der Waals surface area contributed by atoms with Crippen LogP contribution in [0.3, 0.4) is 0 Å². The number of Topliss-reactive ketones (excluding diaryl/α,β-unsaturated/α-hetero) is 2. The summed E-state index contributed by atoms with van der Waals surface area (Å²) >= 11 is 0. The van der Waals surface area contributed by atoms with Gasteiger partial charge < -0.3 is 24.0 Å². The minimum absolute atomic E-state index is 0.0109. The summed E-state index contributed by atoms with van der Waals surface area (Å²) in [5.41, 5.74) is -1.35. The third-order valence-electron chi connectivity index (χ3n) is 8.25. The zero-order valence-corrected chi connectivity index (χ0v) is 22.7. The third-order valence-corrected chi connectivity index (χ3v) is 8.25. The fourth-order valence-electron chi connectivity index (χ4n) is 6.50. The van der Waals surface area contributed by atoms with Crippen LogP contribution in [0.4, 0.5) is 10.7 Å². The first-order valence-electron chi connectivity index (χ1n) is 13.9. The lowest BCUT2D eigenvalue weighted by Crippen LogP contribution is -2.60. The van der Waals surface area contributed by atoms with E-state index in [-0.39, 0.29) is 23.5 Å². The van der Waals surface area contributed by atoms with Gasteiger partial charge in [0.05, 0.1) is 24.5 Å². The smallest absolute Gasteiger partial charge is 0.410 e. The van der Waals surface area contributed by atoms with Crippen LogP contribution in [0, 0.1) is 11.3 Å². The lowest BCUT2D eigenvalue weighted by molar-refractivity contribution is -0.255. The van der Waals surface area contributed by atoms with Crippen LogP contribution in [0.15, 0.2) is 6.33 Å². The molecule has 0 N–H and O–H groups in total. The number of aromatic nitrogens is 3. The highest BCUT2D eigenvalue weighted by Gasteiger charge is 2.63. The molecule has 4 fully saturated rings. The van der Waals surface area contributed by atoms with Gasteiger partial charge in [-0.1, -0.05) is 12.8 Å². The van der Waals surface area contributed by atoms with E-state index in [0.29, 0.717) is 77.4 Å². The van der Waals surface area contributed by atoms with Gasteiger partial charge in [0.2, 0.25) is 17.6 Å². The largest absolute Gasteiger partial charge is 0.444 e. The van der Waals surface area contributed by atoms with Crippen molar-refractivity contribution in [2.75, 3.05) is 44.3 Å². The molecule has 38 heavy (non-hydrogen) atoms. The highest BCUT2D eigenvalue weighted by molar-refractivity contribution is 6.11. The predicted octanol–water partition coefficient (Wildman–Crippen LogP) is 3.17. The van der Waals surface area contributed by atoms with Crippen LogP contribution in [0.1, 0.15) is 82.8 Å². The van der Waals surface area contributed by atoms with Gasteiger partial charge in [0.15, 0.2) is 11.6 Å². The first-order chi connectivity index (χ1) is 18.1. The molecule has 2 atom stereocenters. The number of ether oxygens (including phenoxy) is 3. The lowest BCUT2D eigenvalue weighted by Gasteiger charge is -2.51. The second-order valence-corrected chi connectivity index (χ2v) is 11.8. The molecule has 0 aromatic carbocycles. The van der Waals surface area contributed by atoms with Crippen molar-refractivity contribution in [1.29, 1.82) is 0 Å². The zero-order valence-electron chi connectivity index (χ0n) is 22.7. The minimum atomic E-state index is -0.905. The van der Waals surface area contributed by atoms with E-state index in [2.05, 4.69) is 15.0 Å². The van der Waals surface area contributed by atoms with Gasteiger partial charge in [-0.15, -0.1) is 0 Å². The van der Waals surface area contributed by atoms with Gasteiger partial charge in [-0.3, -0.25) is 9.59 Å². The molecule has 1 amide bonds. The van der Waals surface area contributed by atoms with Crippen LogP contribution in [-0.2, 0) is 19.0 Å². The number of hydrogen-bond donors (Lipinski definition) is 0. The van der Waals surface area contributed by atoms with Crippen molar-refractivity contribution in [1.82, 2.24) is 19.9 Å². The maximum absolute atomic E-state index is 14.0. The van der Waals surface area contributed by atoms with E-state index < -0.39 is 22.7 Å². The van der Waals surface area contributed by atoms with E-state index in [1.807, 2.05) is 25.7 Å². The van der Waals surface area contributed by atoms with Gasteiger partial charge in [0.25, 0.3) is 0 Å². The number of fused-ring (bicyclic) bond motifs is 1. The van der Waals surface area contributed by atoms with E-state index in [1.165, 1.54) is 6.33 Å². The molecule has 4 aliphatic rings. The Kier molecular flexibility index (Phi) is 7.43. The van der Waals surface area contributed by atoms with Crippen molar-refractivity contribution in [2.24, 2.45) is 11.3 Å². The van der Waals surface area contributed by atoms with E-state index in [0.717, 1.165) is 19.3 Å². The summed E-state index contributed by atoms with van der Waals surface area (Å²) in [4.78, 5) is 56.8. The predicted molar refractivity (Wildman–Crippen MR) is 137 cm³/mol. The Morgan fingerprint density at radius 3 is 2.47 bits per heavy atom. The molecular weight excluding hydrogens is 490 g/mol. The Morgan fingerprint density at radius 1 is 0.974 bits per heavy atom. The van der Waals surface area contributed by atoms with Crippen molar-refractivity contribution >= 4 is 23.6 Å². The number of nitrogens with zero attached hydrogens (tertiary/aromatic N) is 5. The van der Waals surface area contributed by atoms with E-state index in [9.17, 15) is 14.4 Å². The molecule has 2 saturated heterocycles. The van der Waals surface area contributed by atoms with Gasteiger partial charge in [-0.2, -0.15) is 4.98 Å². The van der Waals surface area contributed by atoms with Crippen LogP contribution in [0.2, 0.25) is 0 Å². The molecular formula is C27H39N5O6. The highest BCUT2D eigenvalue weighted by atomic mass is 16.7. The Labute approximate surface area is 223 Å². The summed E-state index contributed by atoms with van der Waals surface area (Å²) < 4.78 is 17.7. The maximum Gasteiger partial charge on any atom is 0.410 e. The number of anilines is 1. The monoisotopic (exact) mass is 529 g/mol. The average Bonchev–Trinajstić information content (AvgIpc) is 3.21. The molecule has 11 heteroatoms. The molecule has 2 spiro atoms. The van der Waals surface area contributed by atoms with Crippen LogP contribution < -0.4 is 4.90 Å². The summed E-state index contributed by atoms with van der Waals surface area (Å²) in [5.74, 6) is -1.77. The number of ketones is 2. The molecule has 11 nitrogen and oxygen atoms in total. The van der Waals surface area contributed by atoms with Crippen LogP contribution >= 0.6 is 0 Å². The fourth-order valence-corrected chi connectivity index (χ4v) is 6.50. The molecule has 0 radical (unpaired) electrons. The summed E-state index contributed by atoms with van der Waals surface area (Å²) in [6, 6.07) is 0. The number of rotatable bonds is 3. The topological polar surface area (TPSA) is 124 Å². The van der Waals surface area contributed by atoms with Crippen molar-refractivity contribution in [2.45, 2.75) is 83.5 Å². The summed E-state index contributed by atoms with van der Waals surface area (Å²) in [6.45, 7) is 8.64. The second-order valence-electron chi connectivity index (χ2n) is 11.8. The van der Waals surface area contributed by atoms with Crippen molar-refractivity contribution in [3.05, 3.63) is 12.2 Å². The molecule has 0 unspecified atom stereocenters. The van der Waals surface area contributed by atoms with Gasteiger partial charge in [-0.05, 0) is 52.9 Å². The summed E-state index contributed by atoms with van der Waals surface area (Å²) in [7, 11) is 0. The van der Waals surface area contributed by atoms with Gasteiger partial charge in [0.1, 0.15) is 11.9 Å². The van der Waals surface area contributed by atoms with Gasteiger partial charge >= 0.3 is 6.09 Å². The molecule has 2 saturated carbocycles.